The molecule has 0 bridgehead atoms. The molecule has 0 saturated heterocycles. The second-order valence-electron chi connectivity index (χ2n) is 4.16. The smallest absolute Gasteiger partial charge is 0.258 e. The van der Waals surface area contributed by atoms with Gasteiger partial charge in [-0.1, -0.05) is 17.9 Å². The molecule has 0 heterocycles. The fraction of sp³-hybridized carbons (Fsp3) is 0.0625. The van der Waals surface area contributed by atoms with Crippen molar-refractivity contribution in [1.82, 2.24) is 0 Å². The lowest BCUT2D eigenvalue weighted by atomic mass is 10.1. The van der Waals surface area contributed by atoms with Crippen molar-refractivity contribution in [2.45, 2.75) is 0 Å². The lowest BCUT2D eigenvalue weighted by molar-refractivity contribution is 0.102. The molecule has 2 aromatic carbocycles. The first-order chi connectivity index (χ1) is 10.1. The van der Waals surface area contributed by atoms with Gasteiger partial charge in [-0.25, -0.2) is 8.78 Å². The standard InChI is InChI=1S/C16H12F2N2O/c17-12-6-7-15(18)14(10-12)16(21)20-13-5-1-3-11(9-13)4-2-8-19/h1,3,5-7,9-10H,8,19H2,(H,20,21). The summed E-state index contributed by atoms with van der Waals surface area (Å²) in [7, 11) is 0. The number of nitrogens with one attached hydrogen (secondary N) is 1. The molecular formula is C16H12F2N2O. The first kappa shape index (κ1) is 14.7. The van der Waals surface area contributed by atoms with E-state index in [4.69, 9.17) is 5.73 Å². The molecule has 3 N–H and O–H groups in total. The average Bonchev–Trinajstić information content (AvgIpc) is 2.48. The fourth-order valence-electron chi connectivity index (χ4n) is 1.70. The van der Waals surface area contributed by atoms with Crippen molar-refractivity contribution in [2.75, 3.05) is 11.9 Å². The lowest BCUT2D eigenvalue weighted by Gasteiger charge is -2.06. The van der Waals surface area contributed by atoms with Gasteiger partial charge >= 0.3 is 0 Å². The number of halogens is 2. The molecule has 0 aliphatic heterocycles. The summed E-state index contributed by atoms with van der Waals surface area (Å²) in [4.78, 5) is 11.9. The van der Waals surface area contributed by atoms with Crippen LogP contribution in [0.2, 0.25) is 0 Å². The Morgan fingerprint density at radius 1 is 1.19 bits per heavy atom. The predicted molar refractivity (Wildman–Crippen MR) is 76.7 cm³/mol. The number of hydrogen-bond acceptors (Lipinski definition) is 2. The van der Waals surface area contributed by atoms with Crippen molar-refractivity contribution < 1.29 is 13.6 Å². The third kappa shape index (κ3) is 3.88. The van der Waals surface area contributed by atoms with Gasteiger partial charge in [-0.3, -0.25) is 4.79 Å². The van der Waals surface area contributed by atoms with E-state index in [-0.39, 0.29) is 12.1 Å². The maximum atomic E-state index is 13.5. The number of nitrogens with two attached hydrogens (primary N) is 1. The largest absolute Gasteiger partial charge is 0.322 e. The van der Waals surface area contributed by atoms with E-state index in [1.165, 1.54) is 0 Å². The van der Waals surface area contributed by atoms with E-state index in [1.807, 2.05) is 0 Å². The van der Waals surface area contributed by atoms with Gasteiger partial charge in [-0.05, 0) is 36.4 Å². The van der Waals surface area contributed by atoms with Crippen LogP contribution in [-0.2, 0) is 0 Å². The molecule has 3 nitrogen and oxygen atoms in total. The Balaban J connectivity index is 2.21. The van der Waals surface area contributed by atoms with E-state index in [9.17, 15) is 13.6 Å². The summed E-state index contributed by atoms with van der Waals surface area (Å²) >= 11 is 0. The maximum absolute atomic E-state index is 13.5. The zero-order chi connectivity index (χ0) is 15.2. The summed E-state index contributed by atoms with van der Waals surface area (Å²) in [6, 6.07) is 9.41. The van der Waals surface area contributed by atoms with Gasteiger partial charge in [0.25, 0.3) is 5.91 Å². The Morgan fingerprint density at radius 2 is 2.00 bits per heavy atom. The highest BCUT2D eigenvalue weighted by Crippen LogP contribution is 2.14. The van der Waals surface area contributed by atoms with Crippen LogP contribution in [0, 0.1) is 23.5 Å². The minimum atomic E-state index is -0.784. The molecule has 5 heteroatoms. The Hall–Kier alpha value is -2.71. The van der Waals surface area contributed by atoms with Gasteiger partial charge in [0.15, 0.2) is 0 Å². The Labute approximate surface area is 120 Å². The average molecular weight is 286 g/mol. The van der Waals surface area contributed by atoms with Gasteiger partial charge in [0.05, 0.1) is 12.1 Å². The number of carbonyl (C=O) groups excluding carboxylic acids is 1. The Morgan fingerprint density at radius 3 is 2.76 bits per heavy atom. The summed E-state index contributed by atoms with van der Waals surface area (Å²) in [6.07, 6.45) is 0. The molecule has 0 aromatic heterocycles. The van der Waals surface area contributed by atoms with E-state index in [0.29, 0.717) is 11.3 Å². The highest BCUT2D eigenvalue weighted by atomic mass is 19.1. The van der Waals surface area contributed by atoms with E-state index in [0.717, 1.165) is 18.2 Å². The van der Waals surface area contributed by atoms with Gasteiger partial charge in [0, 0.05) is 11.3 Å². The molecule has 0 aliphatic carbocycles. The number of rotatable bonds is 2. The Kier molecular flexibility index (Phi) is 4.64. The maximum Gasteiger partial charge on any atom is 0.258 e. The summed E-state index contributed by atoms with van der Waals surface area (Å²) < 4.78 is 26.6. The van der Waals surface area contributed by atoms with Crippen LogP contribution < -0.4 is 11.1 Å². The van der Waals surface area contributed by atoms with Gasteiger partial charge in [0.1, 0.15) is 11.6 Å². The third-order valence-corrected chi connectivity index (χ3v) is 2.63. The van der Waals surface area contributed by atoms with Crippen molar-refractivity contribution in [3.63, 3.8) is 0 Å². The highest BCUT2D eigenvalue weighted by molar-refractivity contribution is 6.04. The first-order valence-electron chi connectivity index (χ1n) is 6.15. The van der Waals surface area contributed by atoms with E-state index >= 15 is 0 Å². The number of carbonyl (C=O) groups is 1. The molecule has 2 rings (SSSR count). The minimum Gasteiger partial charge on any atom is -0.322 e. The van der Waals surface area contributed by atoms with Gasteiger partial charge in [-0.15, -0.1) is 0 Å². The van der Waals surface area contributed by atoms with E-state index in [2.05, 4.69) is 17.2 Å². The van der Waals surface area contributed by atoms with E-state index in [1.54, 1.807) is 24.3 Å². The molecule has 106 valence electrons. The summed E-state index contributed by atoms with van der Waals surface area (Å²) in [5, 5.41) is 2.50. The molecule has 0 saturated carbocycles. The highest BCUT2D eigenvalue weighted by Gasteiger charge is 2.13. The van der Waals surface area contributed by atoms with Crippen molar-refractivity contribution >= 4 is 11.6 Å². The van der Waals surface area contributed by atoms with Crippen LogP contribution in [0.5, 0.6) is 0 Å². The lowest BCUT2D eigenvalue weighted by Crippen LogP contribution is -2.14. The molecule has 0 unspecified atom stereocenters. The van der Waals surface area contributed by atoms with Crippen LogP contribution in [0.4, 0.5) is 14.5 Å². The Bertz CT molecular complexity index is 733. The molecule has 0 aliphatic rings. The minimum absolute atomic E-state index is 0.227. The topological polar surface area (TPSA) is 55.1 Å². The fourth-order valence-corrected chi connectivity index (χ4v) is 1.70. The van der Waals surface area contributed by atoms with Crippen LogP contribution in [-0.4, -0.2) is 12.5 Å². The van der Waals surface area contributed by atoms with Crippen LogP contribution in [0.25, 0.3) is 0 Å². The molecule has 0 spiro atoms. The number of benzene rings is 2. The molecule has 0 radical (unpaired) electrons. The van der Waals surface area contributed by atoms with Crippen LogP contribution >= 0.6 is 0 Å². The zero-order valence-corrected chi connectivity index (χ0v) is 11.0. The molecule has 1 amide bonds. The molecule has 2 aromatic rings. The second kappa shape index (κ2) is 6.64. The summed E-state index contributed by atoms with van der Waals surface area (Å²) in [5.41, 5.74) is 6.03. The third-order valence-electron chi connectivity index (χ3n) is 2.63. The normalized spacial score (nSPS) is 9.67. The van der Waals surface area contributed by atoms with Gasteiger partial charge in [0.2, 0.25) is 0 Å². The zero-order valence-electron chi connectivity index (χ0n) is 11.0. The number of amides is 1. The molecule has 21 heavy (non-hydrogen) atoms. The van der Waals surface area contributed by atoms with Crippen molar-refractivity contribution in [3.05, 3.63) is 65.2 Å². The molecule has 0 atom stereocenters. The van der Waals surface area contributed by atoms with Crippen molar-refractivity contribution in [1.29, 1.82) is 0 Å². The first-order valence-corrected chi connectivity index (χ1v) is 6.15. The van der Waals surface area contributed by atoms with Crippen LogP contribution in [0.15, 0.2) is 42.5 Å². The predicted octanol–water partition coefficient (Wildman–Crippen LogP) is 2.53. The van der Waals surface area contributed by atoms with E-state index < -0.39 is 17.5 Å². The second-order valence-corrected chi connectivity index (χ2v) is 4.16. The van der Waals surface area contributed by atoms with Crippen molar-refractivity contribution in [2.24, 2.45) is 5.73 Å². The van der Waals surface area contributed by atoms with Crippen molar-refractivity contribution in [3.8, 4) is 11.8 Å². The molecule has 0 fully saturated rings. The monoisotopic (exact) mass is 286 g/mol. The quantitative estimate of drug-likeness (QED) is 0.834. The van der Waals surface area contributed by atoms with Crippen LogP contribution in [0.3, 0.4) is 0 Å². The van der Waals surface area contributed by atoms with Crippen LogP contribution in [0.1, 0.15) is 15.9 Å². The summed E-state index contributed by atoms with van der Waals surface area (Å²) in [6.45, 7) is 0.227. The number of anilines is 1. The van der Waals surface area contributed by atoms with Gasteiger partial charge < -0.3 is 11.1 Å². The SMILES string of the molecule is NCC#Cc1cccc(NC(=O)c2cc(F)ccc2F)c1. The van der Waals surface area contributed by atoms with Gasteiger partial charge in [-0.2, -0.15) is 0 Å². The number of hydrogen-bond donors (Lipinski definition) is 2. The summed E-state index contributed by atoms with van der Waals surface area (Å²) in [5.74, 6) is 3.32. The molecular weight excluding hydrogens is 274 g/mol.